The molecule has 1 aliphatic heterocycles. The molecule has 10 heteroatoms. The van der Waals surface area contributed by atoms with Gasteiger partial charge in [-0.1, -0.05) is 5.16 Å². The predicted octanol–water partition coefficient (Wildman–Crippen LogP) is 2.36. The van der Waals surface area contributed by atoms with Gasteiger partial charge in [0, 0.05) is 38.3 Å². The minimum atomic E-state index is 0.293. The molecule has 0 aliphatic carbocycles. The normalized spacial score (nSPS) is 17.2. The zero-order chi connectivity index (χ0) is 20.7. The number of aromatic nitrogens is 5. The molecule has 0 unspecified atom stereocenters. The van der Waals surface area contributed by atoms with Crippen molar-refractivity contribution in [1.29, 1.82) is 0 Å². The fraction of sp³-hybridized carbons (Fsp3) is 0.400. The second-order valence-electron chi connectivity index (χ2n) is 7.73. The van der Waals surface area contributed by atoms with E-state index in [2.05, 4.69) is 30.0 Å². The van der Waals surface area contributed by atoms with E-state index >= 15 is 0 Å². The molecule has 4 aromatic heterocycles. The highest BCUT2D eigenvalue weighted by Crippen LogP contribution is 2.24. The molecule has 5 rings (SSSR count). The van der Waals surface area contributed by atoms with Crippen LogP contribution in [0, 0.1) is 6.92 Å². The summed E-state index contributed by atoms with van der Waals surface area (Å²) in [7, 11) is 2.03. The first-order valence-corrected chi connectivity index (χ1v) is 10.0. The maximum Gasteiger partial charge on any atom is 0.225 e. The van der Waals surface area contributed by atoms with Gasteiger partial charge in [-0.3, -0.25) is 4.90 Å². The van der Waals surface area contributed by atoms with Crippen molar-refractivity contribution in [2.45, 2.75) is 32.4 Å². The van der Waals surface area contributed by atoms with Crippen LogP contribution in [0.4, 0.5) is 11.8 Å². The van der Waals surface area contributed by atoms with Gasteiger partial charge in [-0.15, -0.1) is 5.10 Å². The van der Waals surface area contributed by atoms with Gasteiger partial charge in [0.2, 0.25) is 11.8 Å². The third kappa shape index (κ3) is 3.50. The molecule has 0 saturated carbocycles. The Morgan fingerprint density at radius 2 is 2.20 bits per heavy atom. The molecule has 10 nitrogen and oxygen atoms in total. The van der Waals surface area contributed by atoms with E-state index in [0.29, 0.717) is 29.2 Å². The van der Waals surface area contributed by atoms with Gasteiger partial charge in [-0.2, -0.15) is 9.50 Å². The molecule has 1 atom stereocenters. The summed E-state index contributed by atoms with van der Waals surface area (Å²) in [6, 6.07) is 7.92. The van der Waals surface area contributed by atoms with Crippen LogP contribution < -0.4 is 10.6 Å². The van der Waals surface area contributed by atoms with Crippen molar-refractivity contribution in [3.63, 3.8) is 0 Å². The molecule has 1 saturated heterocycles. The zero-order valence-corrected chi connectivity index (χ0v) is 17.0. The highest BCUT2D eigenvalue weighted by molar-refractivity contribution is 5.59. The summed E-state index contributed by atoms with van der Waals surface area (Å²) in [6.07, 6.45) is 3.89. The lowest BCUT2D eigenvalue weighted by Gasteiger charge is -2.28. The number of hydrogen-bond acceptors (Lipinski definition) is 9. The summed E-state index contributed by atoms with van der Waals surface area (Å²) in [6.45, 7) is 4.59. The van der Waals surface area contributed by atoms with Crippen LogP contribution >= 0.6 is 0 Å². The molecule has 0 aromatic carbocycles. The number of nitrogens with two attached hydrogens (primary N) is 1. The molecule has 1 fully saturated rings. The van der Waals surface area contributed by atoms with Crippen LogP contribution in [-0.4, -0.2) is 55.8 Å². The monoisotopic (exact) mass is 408 g/mol. The molecule has 2 N–H and O–H groups in total. The van der Waals surface area contributed by atoms with E-state index in [-0.39, 0.29) is 0 Å². The Labute approximate surface area is 173 Å². The van der Waals surface area contributed by atoms with Crippen LogP contribution in [-0.2, 0) is 6.54 Å². The van der Waals surface area contributed by atoms with E-state index in [4.69, 9.17) is 14.7 Å². The molecule has 156 valence electrons. The number of likely N-dealkylation sites (N-methyl/N-ethyl adjacent to an activating group) is 1. The van der Waals surface area contributed by atoms with Gasteiger partial charge in [0.25, 0.3) is 0 Å². The van der Waals surface area contributed by atoms with Crippen molar-refractivity contribution >= 4 is 17.4 Å². The summed E-state index contributed by atoms with van der Waals surface area (Å²) in [5.74, 6) is 2.98. The molecule has 5 heterocycles. The number of nitrogens with zero attached hydrogens (tertiary/aromatic N) is 7. The lowest BCUT2D eigenvalue weighted by Crippen LogP contribution is -2.39. The summed E-state index contributed by atoms with van der Waals surface area (Å²) < 4.78 is 12.1. The van der Waals surface area contributed by atoms with Crippen LogP contribution in [0.2, 0.25) is 0 Å². The third-order valence-electron chi connectivity index (χ3n) is 5.49. The Kier molecular flexibility index (Phi) is 4.62. The van der Waals surface area contributed by atoms with Gasteiger partial charge in [-0.25, -0.2) is 4.98 Å². The van der Waals surface area contributed by atoms with Crippen molar-refractivity contribution in [3.8, 4) is 11.6 Å². The lowest BCUT2D eigenvalue weighted by atomic mass is 10.2. The third-order valence-corrected chi connectivity index (χ3v) is 5.49. The van der Waals surface area contributed by atoms with E-state index < -0.39 is 0 Å². The van der Waals surface area contributed by atoms with Gasteiger partial charge in [0.05, 0.1) is 12.0 Å². The maximum absolute atomic E-state index is 6.16. The molecular weight excluding hydrogens is 384 g/mol. The maximum atomic E-state index is 6.16. The molecule has 0 amide bonds. The molecule has 30 heavy (non-hydrogen) atoms. The van der Waals surface area contributed by atoms with Gasteiger partial charge in [0.1, 0.15) is 11.6 Å². The van der Waals surface area contributed by atoms with Crippen LogP contribution in [0.1, 0.15) is 24.3 Å². The fourth-order valence-electron chi connectivity index (χ4n) is 4.02. The average Bonchev–Trinajstić information content (AvgIpc) is 3.49. The van der Waals surface area contributed by atoms with Gasteiger partial charge in [0.15, 0.2) is 11.4 Å². The van der Waals surface area contributed by atoms with Gasteiger partial charge in [-0.05, 0) is 38.4 Å². The first-order chi connectivity index (χ1) is 14.6. The summed E-state index contributed by atoms with van der Waals surface area (Å²) >= 11 is 0. The van der Waals surface area contributed by atoms with Crippen LogP contribution in [0.5, 0.6) is 0 Å². The number of aryl methyl sites for hydroxylation is 1. The molecule has 0 radical (unpaired) electrons. The number of furan rings is 1. The molecule has 1 aliphatic rings. The van der Waals surface area contributed by atoms with E-state index in [1.807, 2.05) is 32.2 Å². The van der Waals surface area contributed by atoms with Crippen LogP contribution in [0.25, 0.3) is 17.2 Å². The Balaban J connectivity index is 1.34. The van der Waals surface area contributed by atoms with Gasteiger partial charge < -0.3 is 19.6 Å². The van der Waals surface area contributed by atoms with E-state index in [9.17, 15) is 0 Å². The molecule has 4 aromatic rings. The molecule has 0 spiro atoms. The lowest BCUT2D eigenvalue weighted by molar-refractivity contribution is 0.240. The first-order valence-electron chi connectivity index (χ1n) is 10.0. The fourth-order valence-corrected chi connectivity index (χ4v) is 4.02. The van der Waals surface area contributed by atoms with Crippen molar-refractivity contribution in [2.75, 3.05) is 30.8 Å². The Hall–Kier alpha value is -3.40. The second-order valence-corrected chi connectivity index (χ2v) is 7.73. The highest BCUT2D eigenvalue weighted by atomic mass is 16.5. The Morgan fingerprint density at radius 1 is 1.30 bits per heavy atom. The number of fused-ring (bicyclic) bond motifs is 1. The number of hydrogen-bond donors (Lipinski definition) is 1. The highest BCUT2D eigenvalue weighted by Gasteiger charge is 2.27. The van der Waals surface area contributed by atoms with Crippen molar-refractivity contribution in [1.82, 2.24) is 29.6 Å². The first kappa shape index (κ1) is 18.6. The number of anilines is 2. The smallest absolute Gasteiger partial charge is 0.225 e. The van der Waals surface area contributed by atoms with E-state index in [1.54, 1.807) is 12.3 Å². The van der Waals surface area contributed by atoms with Crippen molar-refractivity contribution in [3.05, 3.63) is 42.0 Å². The quantitative estimate of drug-likeness (QED) is 0.513. The summed E-state index contributed by atoms with van der Waals surface area (Å²) in [5, 5.41) is 8.54. The molecular formula is C20H24N8O2. The second kappa shape index (κ2) is 7.45. The predicted molar refractivity (Wildman–Crippen MR) is 111 cm³/mol. The number of rotatable bonds is 6. The number of nitrogen functional groups attached to an aromatic ring is 1. The largest absolute Gasteiger partial charge is 0.461 e. The Morgan fingerprint density at radius 3 is 2.97 bits per heavy atom. The molecule has 0 bridgehead atoms. The van der Waals surface area contributed by atoms with Gasteiger partial charge >= 0.3 is 0 Å². The topological polar surface area (TPSA) is 115 Å². The van der Waals surface area contributed by atoms with Crippen LogP contribution in [0.15, 0.2) is 39.5 Å². The summed E-state index contributed by atoms with van der Waals surface area (Å²) in [5.41, 5.74) is 7.77. The van der Waals surface area contributed by atoms with E-state index in [1.165, 1.54) is 10.9 Å². The average molecular weight is 408 g/mol. The number of likely N-dealkylation sites (tertiary alicyclic amines) is 1. The van der Waals surface area contributed by atoms with Crippen molar-refractivity contribution < 1.29 is 8.94 Å². The Bertz CT molecular complexity index is 1150. The minimum absolute atomic E-state index is 0.293. The SMILES string of the molecule is Cc1cc(CN2CCC[C@@H]2CN(C)c2cc3nc(-c4ccco4)nn3c(N)n2)no1. The van der Waals surface area contributed by atoms with Crippen LogP contribution in [0.3, 0.4) is 0 Å². The van der Waals surface area contributed by atoms with Crippen molar-refractivity contribution in [2.24, 2.45) is 0 Å². The van der Waals surface area contributed by atoms with E-state index in [0.717, 1.165) is 43.3 Å². The minimum Gasteiger partial charge on any atom is -0.461 e. The zero-order valence-electron chi connectivity index (χ0n) is 17.0. The summed E-state index contributed by atoms with van der Waals surface area (Å²) in [4.78, 5) is 13.7. The standard InChI is InChI=1S/C20H24N8O2/c1-13-9-14(25-30-13)11-27-7-3-5-15(27)12-26(2)17-10-18-22-19(16-6-4-8-29-16)24-28(18)20(21)23-17/h4,6,8-10,15H,3,5,7,11-12H2,1-2H3,(H2,21,23)/t15-/m1/s1.